The minimum atomic E-state index is 0.402. The van der Waals surface area contributed by atoms with Gasteiger partial charge in [-0.2, -0.15) is 0 Å². The molecule has 0 aromatic carbocycles. The van der Waals surface area contributed by atoms with Crippen molar-refractivity contribution < 1.29 is 0 Å². The molecule has 17 heavy (non-hydrogen) atoms. The number of nitrogens with zero attached hydrogens (tertiary/aromatic N) is 1. The van der Waals surface area contributed by atoms with Crippen molar-refractivity contribution >= 4 is 0 Å². The summed E-state index contributed by atoms with van der Waals surface area (Å²) in [6, 6.07) is 3.21. The summed E-state index contributed by atoms with van der Waals surface area (Å²) < 4.78 is 0. The van der Waals surface area contributed by atoms with Gasteiger partial charge in [0, 0.05) is 23.5 Å². The molecule has 2 atom stereocenters. The predicted octanol–water partition coefficient (Wildman–Crippen LogP) is 3.46. The molecule has 0 aliphatic heterocycles. The molecule has 1 fully saturated rings. The van der Waals surface area contributed by atoms with Crippen molar-refractivity contribution in [2.75, 3.05) is 0 Å². The molecule has 1 aromatic heterocycles. The number of hydrogen-bond acceptors (Lipinski definition) is 2. The van der Waals surface area contributed by atoms with Gasteiger partial charge >= 0.3 is 0 Å². The van der Waals surface area contributed by atoms with Crippen LogP contribution in [0.25, 0.3) is 0 Å². The van der Waals surface area contributed by atoms with Crippen molar-refractivity contribution in [3.63, 3.8) is 0 Å². The summed E-state index contributed by atoms with van der Waals surface area (Å²) in [7, 11) is 0. The number of aryl methyl sites for hydroxylation is 3. The number of rotatable bonds is 4. The predicted molar refractivity (Wildman–Crippen MR) is 72.2 cm³/mol. The SMILES string of the molecule is Cc1cc(C)c(C(C)NC(C)C2CC2)c(C)n1. The highest BCUT2D eigenvalue weighted by Gasteiger charge is 2.29. The molecule has 1 saturated carbocycles. The van der Waals surface area contributed by atoms with Crippen LogP contribution in [-0.2, 0) is 0 Å². The number of pyridine rings is 1. The maximum absolute atomic E-state index is 4.58. The first kappa shape index (κ1) is 12.6. The summed E-state index contributed by atoms with van der Waals surface area (Å²) in [6.07, 6.45) is 2.79. The fourth-order valence-electron chi connectivity index (χ4n) is 2.90. The van der Waals surface area contributed by atoms with Crippen molar-refractivity contribution in [2.45, 2.75) is 59.5 Å². The molecule has 0 amide bonds. The molecule has 94 valence electrons. The molecule has 2 nitrogen and oxygen atoms in total. The third kappa shape index (κ3) is 2.86. The smallest absolute Gasteiger partial charge is 0.0426 e. The molecular weight excluding hydrogens is 208 g/mol. The van der Waals surface area contributed by atoms with Gasteiger partial charge in [0.15, 0.2) is 0 Å². The zero-order valence-corrected chi connectivity index (χ0v) is 11.7. The molecular formula is C15H24N2. The highest BCUT2D eigenvalue weighted by molar-refractivity contribution is 5.33. The zero-order chi connectivity index (χ0) is 12.6. The van der Waals surface area contributed by atoms with Crippen LogP contribution in [0.5, 0.6) is 0 Å². The third-order valence-corrected chi connectivity index (χ3v) is 3.86. The quantitative estimate of drug-likeness (QED) is 0.860. The molecule has 1 aliphatic carbocycles. The maximum atomic E-state index is 4.58. The number of aromatic nitrogens is 1. The minimum absolute atomic E-state index is 0.402. The van der Waals surface area contributed by atoms with Crippen LogP contribution in [0.2, 0.25) is 0 Å². The zero-order valence-electron chi connectivity index (χ0n) is 11.7. The van der Waals surface area contributed by atoms with E-state index in [4.69, 9.17) is 0 Å². The van der Waals surface area contributed by atoms with Gasteiger partial charge in [-0.1, -0.05) is 0 Å². The van der Waals surface area contributed by atoms with Gasteiger partial charge < -0.3 is 5.32 Å². The Morgan fingerprint density at radius 3 is 2.41 bits per heavy atom. The van der Waals surface area contributed by atoms with Crippen molar-refractivity contribution in [3.05, 3.63) is 28.6 Å². The van der Waals surface area contributed by atoms with Crippen molar-refractivity contribution in [1.29, 1.82) is 0 Å². The summed E-state index contributed by atoms with van der Waals surface area (Å²) in [6.45, 7) is 10.9. The molecule has 1 aliphatic rings. The molecule has 1 heterocycles. The molecule has 1 N–H and O–H groups in total. The van der Waals surface area contributed by atoms with Gasteiger partial charge in [-0.3, -0.25) is 4.98 Å². The Morgan fingerprint density at radius 1 is 1.24 bits per heavy atom. The topological polar surface area (TPSA) is 24.9 Å². The van der Waals surface area contributed by atoms with Crippen LogP contribution < -0.4 is 5.32 Å². The second-order valence-electron chi connectivity index (χ2n) is 5.59. The second kappa shape index (κ2) is 4.77. The number of nitrogens with one attached hydrogen (secondary N) is 1. The lowest BCUT2D eigenvalue weighted by molar-refractivity contribution is 0.438. The Balaban J connectivity index is 2.15. The Bertz CT molecular complexity index is 384. The second-order valence-corrected chi connectivity index (χ2v) is 5.59. The van der Waals surface area contributed by atoms with Gasteiger partial charge in [0.2, 0.25) is 0 Å². The monoisotopic (exact) mass is 232 g/mol. The van der Waals surface area contributed by atoms with Crippen molar-refractivity contribution in [1.82, 2.24) is 10.3 Å². The van der Waals surface area contributed by atoms with E-state index in [1.54, 1.807) is 0 Å². The lowest BCUT2D eigenvalue weighted by Gasteiger charge is -2.23. The first-order chi connectivity index (χ1) is 7.99. The highest BCUT2D eigenvalue weighted by atomic mass is 15.0. The van der Waals surface area contributed by atoms with E-state index in [1.165, 1.54) is 29.7 Å². The van der Waals surface area contributed by atoms with Crippen molar-refractivity contribution in [2.24, 2.45) is 5.92 Å². The van der Waals surface area contributed by atoms with E-state index in [0.717, 1.165) is 11.6 Å². The molecule has 0 bridgehead atoms. The first-order valence-corrected chi connectivity index (χ1v) is 6.70. The highest BCUT2D eigenvalue weighted by Crippen LogP contribution is 2.34. The summed E-state index contributed by atoms with van der Waals surface area (Å²) in [5, 5.41) is 3.72. The van der Waals surface area contributed by atoms with Crippen LogP contribution >= 0.6 is 0 Å². The van der Waals surface area contributed by atoms with E-state index in [0.29, 0.717) is 12.1 Å². The summed E-state index contributed by atoms with van der Waals surface area (Å²) >= 11 is 0. The first-order valence-electron chi connectivity index (χ1n) is 6.70. The van der Waals surface area contributed by atoms with Crippen LogP contribution in [0, 0.1) is 26.7 Å². The average molecular weight is 232 g/mol. The van der Waals surface area contributed by atoms with Crippen LogP contribution in [0.3, 0.4) is 0 Å². The van der Waals surface area contributed by atoms with Crippen LogP contribution in [0.1, 0.15) is 55.2 Å². The van der Waals surface area contributed by atoms with Gasteiger partial charge in [0.1, 0.15) is 0 Å². The molecule has 0 radical (unpaired) electrons. The molecule has 2 unspecified atom stereocenters. The van der Waals surface area contributed by atoms with Gasteiger partial charge in [0.05, 0.1) is 0 Å². The Morgan fingerprint density at radius 2 is 1.88 bits per heavy atom. The normalized spacial score (nSPS) is 19.1. The van der Waals surface area contributed by atoms with E-state index in [1.807, 2.05) is 0 Å². The van der Waals surface area contributed by atoms with Crippen LogP contribution in [0.15, 0.2) is 6.07 Å². The summed E-state index contributed by atoms with van der Waals surface area (Å²) in [5.74, 6) is 0.900. The fourth-order valence-corrected chi connectivity index (χ4v) is 2.90. The van der Waals surface area contributed by atoms with E-state index in [-0.39, 0.29) is 0 Å². The Labute approximate surface area is 105 Å². The molecule has 1 aromatic rings. The minimum Gasteiger partial charge on any atom is -0.307 e. The van der Waals surface area contributed by atoms with E-state index >= 15 is 0 Å². The van der Waals surface area contributed by atoms with Gasteiger partial charge in [-0.25, -0.2) is 0 Å². The molecule has 0 spiro atoms. The number of hydrogen-bond donors (Lipinski definition) is 1. The third-order valence-electron chi connectivity index (χ3n) is 3.86. The van der Waals surface area contributed by atoms with E-state index in [2.05, 4.69) is 51.0 Å². The van der Waals surface area contributed by atoms with Gasteiger partial charge in [0.25, 0.3) is 0 Å². The average Bonchev–Trinajstić information content (AvgIpc) is 2.97. The lowest BCUT2D eigenvalue weighted by Crippen LogP contribution is -2.31. The Hall–Kier alpha value is -0.890. The van der Waals surface area contributed by atoms with Crippen molar-refractivity contribution in [3.8, 4) is 0 Å². The molecule has 0 saturated heterocycles. The van der Waals surface area contributed by atoms with E-state index in [9.17, 15) is 0 Å². The summed E-state index contributed by atoms with van der Waals surface area (Å²) in [5.41, 5.74) is 5.03. The molecule has 2 rings (SSSR count). The fraction of sp³-hybridized carbons (Fsp3) is 0.667. The van der Waals surface area contributed by atoms with Crippen LogP contribution in [-0.4, -0.2) is 11.0 Å². The van der Waals surface area contributed by atoms with Gasteiger partial charge in [-0.15, -0.1) is 0 Å². The van der Waals surface area contributed by atoms with E-state index < -0.39 is 0 Å². The lowest BCUT2D eigenvalue weighted by atomic mass is 9.99. The van der Waals surface area contributed by atoms with Gasteiger partial charge in [-0.05, 0) is 70.6 Å². The summed E-state index contributed by atoms with van der Waals surface area (Å²) in [4.78, 5) is 4.58. The largest absolute Gasteiger partial charge is 0.307 e. The van der Waals surface area contributed by atoms with Crippen LogP contribution in [0.4, 0.5) is 0 Å². The molecule has 2 heteroatoms. The Kier molecular flexibility index (Phi) is 3.53. The standard InChI is InChI=1S/C15H24N2/c1-9-8-10(2)16-12(4)15(9)13(5)17-11(3)14-6-7-14/h8,11,13-14,17H,6-7H2,1-5H3. The maximum Gasteiger partial charge on any atom is 0.0426 e.